The predicted octanol–water partition coefficient (Wildman–Crippen LogP) is 6.08. The van der Waals surface area contributed by atoms with Gasteiger partial charge >= 0.3 is 0 Å². The molecule has 1 aromatic heterocycles. The molecule has 1 aliphatic heterocycles. The fourth-order valence-corrected chi connectivity index (χ4v) is 6.04. The molecule has 0 N–H and O–H groups in total. The molecule has 6 rings (SSSR count). The summed E-state index contributed by atoms with van der Waals surface area (Å²) in [5, 5.41) is 2.03. The molecule has 2 aromatic carbocycles. The zero-order chi connectivity index (χ0) is 21.7. The molecule has 3 aliphatic rings. The van der Waals surface area contributed by atoms with E-state index in [-0.39, 0.29) is 29.6 Å². The molecule has 2 heterocycles. The highest BCUT2D eigenvalue weighted by atomic mass is 32.1. The van der Waals surface area contributed by atoms with Gasteiger partial charge in [0.25, 0.3) is 0 Å². The molecular weight excluding hydrogens is 416 g/mol. The van der Waals surface area contributed by atoms with Crippen LogP contribution in [0.3, 0.4) is 0 Å². The minimum absolute atomic E-state index is 0.0582. The van der Waals surface area contributed by atoms with Crippen molar-refractivity contribution in [3.8, 4) is 0 Å². The third-order valence-corrected chi connectivity index (χ3v) is 7.82. The summed E-state index contributed by atoms with van der Waals surface area (Å²) >= 11 is 1.62. The van der Waals surface area contributed by atoms with Gasteiger partial charge in [0, 0.05) is 22.9 Å². The molecule has 0 radical (unpaired) electrons. The van der Waals surface area contributed by atoms with Gasteiger partial charge in [0.05, 0.1) is 23.3 Å². The molecule has 2 aliphatic carbocycles. The van der Waals surface area contributed by atoms with Crippen LogP contribution in [0.25, 0.3) is 0 Å². The molecule has 3 atom stereocenters. The van der Waals surface area contributed by atoms with E-state index in [2.05, 4.69) is 18.2 Å². The van der Waals surface area contributed by atoms with E-state index in [0.717, 1.165) is 41.2 Å². The van der Waals surface area contributed by atoms with Crippen molar-refractivity contribution in [3.05, 3.63) is 82.6 Å². The Labute approximate surface area is 191 Å². The van der Waals surface area contributed by atoms with Crippen LogP contribution in [0.15, 0.2) is 77.1 Å². The lowest BCUT2D eigenvalue weighted by Crippen LogP contribution is -2.45. The molecule has 1 amide bonds. The third-order valence-electron chi connectivity index (χ3n) is 6.88. The number of carbonyl (C=O) groups excluding carboxylic acids is 2. The van der Waals surface area contributed by atoms with Crippen LogP contribution in [0.2, 0.25) is 0 Å². The number of hydrogen-bond acceptors (Lipinski definition) is 4. The Bertz CT molecular complexity index is 1200. The molecule has 2 saturated carbocycles. The molecule has 1 unspecified atom stereocenters. The number of aliphatic imine (C=N–C) groups is 1. The molecule has 4 nitrogen and oxygen atoms in total. The lowest BCUT2D eigenvalue weighted by Gasteiger charge is -2.38. The van der Waals surface area contributed by atoms with Crippen LogP contribution in [-0.2, 0) is 9.59 Å². The topological polar surface area (TPSA) is 49.7 Å². The van der Waals surface area contributed by atoms with E-state index < -0.39 is 5.92 Å². The van der Waals surface area contributed by atoms with Gasteiger partial charge in [-0.15, -0.1) is 11.3 Å². The fraction of sp³-hybridized carbons (Fsp3) is 0.296. The van der Waals surface area contributed by atoms with Crippen molar-refractivity contribution in [1.29, 1.82) is 0 Å². The second-order valence-corrected chi connectivity index (χ2v) is 9.97. The number of amides is 1. The van der Waals surface area contributed by atoms with Crippen molar-refractivity contribution in [2.75, 3.05) is 4.90 Å². The minimum atomic E-state index is -0.399. The lowest BCUT2D eigenvalue weighted by atomic mass is 9.73. The van der Waals surface area contributed by atoms with Crippen LogP contribution >= 0.6 is 11.3 Å². The highest BCUT2D eigenvalue weighted by Gasteiger charge is 2.48. The monoisotopic (exact) mass is 440 g/mol. The number of ketones is 1. The summed E-state index contributed by atoms with van der Waals surface area (Å²) in [4.78, 5) is 35.4. The number of nitrogens with zero attached hydrogens (tertiary/aromatic N) is 2. The van der Waals surface area contributed by atoms with Gasteiger partial charge in [-0.25, -0.2) is 0 Å². The van der Waals surface area contributed by atoms with E-state index in [1.807, 2.05) is 58.8 Å². The highest BCUT2D eigenvalue weighted by molar-refractivity contribution is 7.10. The van der Waals surface area contributed by atoms with Gasteiger partial charge in [-0.05, 0) is 54.3 Å². The third kappa shape index (κ3) is 3.32. The highest BCUT2D eigenvalue weighted by Crippen LogP contribution is 2.49. The molecule has 32 heavy (non-hydrogen) atoms. The number of anilines is 1. The van der Waals surface area contributed by atoms with Crippen LogP contribution in [0, 0.1) is 11.8 Å². The lowest BCUT2D eigenvalue weighted by molar-refractivity contribution is -0.123. The molecule has 0 saturated heterocycles. The Morgan fingerprint density at radius 3 is 2.47 bits per heavy atom. The maximum absolute atomic E-state index is 13.8. The largest absolute Gasteiger partial charge is 0.301 e. The SMILES string of the molecule is O=C1C[C@H](c2ccccc2)CC2=Nc3ccccc3N(C(=O)C3CC3)[C@@H](c3cccs3)C12. The number of thiophene rings is 1. The number of hydrogen-bond donors (Lipinski definition) is 0. The Hall–Kier alpha value is -3.05. The van der Waals surface area contributed by atoms with Gasteiger partial charge in [0.2, 0.25) is 5.91 Å². The second kappa shape index (κ2) is 7.82. The summed E-state index contributed by atoms with van der Waals surface area (Å²) in [5.41, 5.74) is 3.71. The number of Topliss-reactive ketones (excluding diaryl/α,β-unsaturated/α-hetero) is 1. The fourth-order valence-electron chi connectivity index (χ4n) is 5.19. The maximum atomic E-state index is 13.8. The van der Waals surface area contributed by atoms with Crippen LogP contribution in [-0.4, -0.2) is 17.4 Å². The van der Waals surface area contributed by atoms with E-state index >= 15 is 0 Å². The van der Waals surface area contributed by atoms with Crippen LogP contribution in [0.4, 0.5) is 11.4 Å². The smallest absolute Gasteiger partial charge is 0.230 e. The number of rotatable bonds is 3. The average molecular weight is 441 g/mol. The molecule has 0 spiro atoms. The predicted molar refractivity (Wildman–Crippen MR) is 128 cm³/mol. The minimum Gasteiger partial charge on any atom is -0.301 e. The van der Waals surface area contributed by atoms with Crippen molar-refractivity contribution in [2.45, 2.75) is 37.6 Å². The number of benzene rings is 2. The first-order valence-corrected chi connectivity index (χ1v) is 12.2. The summed E-state index contributed by atoms with van der Waals surface area (Å²) in [5.74, 6) is 0.0982. The zero-order valence-electron chi connectivity index (χ0n) is 17.7. The van der Waals surface area contributed by atoms with Gasteiger partial charge in [0.1, 0.15) is 5.78 Å². The normalized spacial score (nSPS) is 24.9. The van der Waals surface area contributed by atoms with Gasteiger partial charge in [-0.3, -0.25) is 14.6 Å². The average Bonchev–Trinajstić information content (AvgIpc) is 3.56. The van der Waals surface area contributed by atoms with Crippen molar-refractivity contribution in [2.24, 2.45) is 16.8 Å². The Balaban J connectivity index is 1.51. The van der Waals surface area contributed by atoms with E-state index in [1.54, 1.807) is 11.3 Å². The van der Waals surface area contributed by atoms with Gasteiger partial charge in [-0.2, -0.15) is 0 Å². The molecule has 2 fully saturated rings. The summed E-state index contributed by atoms with van der Waals surface area (Å²) in [6.45, 7) is 0. The van der Waals surface area contributed by atoms with Gasteiger partial charge in [0.15, 0.2) is 0 Å². The summed E-state index contributed by atoms with van der Waals surface area (Å²) < 4.78 is 0. The van der Waals surface area contributed by atoms with Gasteiger partial charge in [-0.1, -0.05) is 48.5 Å². The quantitative estimate of drug-likeness (QED) is 0.495. The van der Waals surface area contributed by atoms with Crippen molar-refractivity contribution in [3.63, 3.8) is 0 Å². The number of fused-ring (bicyclic) bond motifs is 2. The van der Waals surface area contributed by atoms with Crippen LogP contribution in [0.5, 0.6) is 0 Å². The molecule has 3 aromatic rings. The zero-order valence-corrected chi connectivity index (χ0v) is 18.5. The van der Waals surface area contributed by atoms with Crippen molar-refractivity contribution >= 4 is 40.1 Å². The first-order chi connectivity index (χ1) is 15.7. The molecule has 160 valence electrons. The first-order valence-electron chi connectivity index (χ1n) is 11.3. The van der Waals surface area contributed by atoms with Crippen molar-refractivity contribution < 1.29 is 9.59 Å². The Morgan fingerprint density at radius 1 is 0.938 bits per heavy atom. The van der Waals surface area contributed by atoms with E-state index in [1.165, 1.54) is 5.56 Å². The molecule has 0 bridgehead atoms. The summed E-state index contributed by atoms with van der Waals surface area (Å²) in [6.07, 6.45) is 3.08. The van der Waals surface area contributed by atoms with Crippen molar-refractivity contribution in [1.82, 2.24) is 0 Å². The number of carbonyl (C=O) groups is 2. The second-order valence-electron chi connectivity index (χ2n) is 8.99. The molecule has 5 heteroatoms. The molecular formula is C27H24N2O2S. The van der Waals surface area contributed by atoms with E-state index in [9.17, 15) is 9.59 Å². The van der Waals surface area contributed by atoms with Crippen LogP contribution in [0.1, 0.15) is 48.1 Å². The standard InChI is InChI=1S/C27H24N2O2S/c30-23-16-19(17-7-2-1-3-8-17)15-21-25(23)26(24-11-6-14-32-24)29(27(31)18-12-13-18)22-10-5-4-9-20(22)28-21/h1-11,14,18-19,25-26H,12-13,15-16H2/t19-,25?,26+/m1/s1. The summed E-state index contributed by atoms with van der Waals surface area (Å²) in [6, 6.07) is 21.9. The van der Waals surface area contributed by atoms with E-state index in [4.69, 9.17) is 4.99 Å². The Morgan fingerprint density at radius 2 is 1.72 bits per heavy atom. The summed E-state index contributed by atoms with van der Waals surface area (Å²) in [7, 11) is 0. The first kappa shape index (κ1) is 19.6. The van der Waals surface area contributed by atoms with Crippen LogP contribution < -0.4 is 4.90 Å². The Kier molecular flexibility index (Phi) is 4.80. The maximum Gasteiger partial charge on any atom is 0.230 e. The van der Waals surface area contributed by atoms with Gasteiger partial charge < -0.3 is 4.90 Å². The number of para-hydroxylation sites is 2. The van der Waals surface area contributed by atoms with E-state index in [0.29, 0.717) is 6.42 Å².